The molecule has 4 aromatic carbocycles. The number of unbranched alkanes of at least 4 members (excludes halogenated alkanes) is 9. The Kier molecular flexibility index (Phi) is 16.6. The van der Waals surface area contributed by atoms with Crippen molar-refractivity contribution >= 4 is 23.3 Å². The van der Waals surface area contributed by atoms with E-state index in [1.165, 1.54) is 110 Å². The molecule has 0 aliphatic carbocycles. The largest absolute Gasteiger partial charge is 0.255 e. The summed E-state index contributed by atoms with van der Waals surface area (Å²) in [5, 5.41) is 0. The molecule has 4 aromatic rings. The normalized spacial score (nSPS) is 11.9. The molecule has 4 rings (SSSR count). The predicted molar refractivity (Wildman–Crippen MR) is 218 cm³/mol. The van der Waals surface area contributed by atoms with E-state index >= 15 is 0 Å². The molecule has 49 heavy (non-hydrogen) atoms. The van der Waals surface area contributed by atoms with Crippen LogP contribution >= 0.6 is 0 Å². The molecule has 0 aliphatic heterocycles. The third-order valence-corrected chi connectivity index (χ3v) is 9.74. The Hall–Kier alpha value is -3.78. The Morgan fingerprint density at radius 3 is 1.76 bits per heavy atom. The van der Waals surface area contributed by atoms with E-state index in [0.717, 1.165) is 49.2 Å². The van der Waals surface area contributed by atoms with Crippen molar-refractivity contribution in [3.05, 3.63) is 107 Å². The van der Waals surface area contributed by atoms with Gasteiger partial charge in [0.1, 0.15) is 0 Å². The summed E-state index contributed by atoms with van der Waals surface area (Å²) in [7, 11) is 0. The van der Waals surface area contributed by atoms with Crippen LogP contribution in [0.4, 0.5) is 11.4 Å². The maximum atomic E-state index is 5.15. The van der Waals surface area contributed by atoms with E-state index < -0.39 is 0 Å². The van der Waals surface area contributed by atoms with Crippen LogP contribution in [0.5, 0.6) is 0 Å². The molecule has 0 saturated carbocycles. The van der Waals surface area contributed by atoms with Gasteiger partial charge in [0.25, 0.3) is 0 Å². The first-order chi connectivity index (χ1) is 24.1. The van der Waals surface area contributed by atoms with Gasteiger partial charge in [-0.05, 0) is 121 Å². The van der Waals surface area contributed by atoms with Gasteiger partial charge < -0.3 is 0 Å². The minimum Gasteiger partial charge on any atom is -0.255 e. The van der Waals surface area contributed by atoms with Gasteiger partial charge in [0.05, 0.1) is 17.1 Å². The van der Waals surface area contributed by atoms with Gasteiger partial charge in [0, 0.05) is 6.21 Å². The molecule has 0 spiro atoms. The number of rotatable bonds is 21. The molecule has 0 atom stereocenters. The second kappa shape index (κ2) is 21.3. The molecule has 2 nitrogen and oxygen atoms in total. The first kappa shape index (κ1) is 38.0. The van der Waals surface area contributed by atoms with E-state index in [1.54, 1.807) is 5.56 Å². The van der Waals surface area contributed by atoms with Crippen molar-refractivity contribution in [1.82, 2.24) is 0 Å². The van der Waals surface area contributed by atoms with Crippen LogP contribution in [-0.2, 0) is 25.7 Å². The average molecular weight is 655 g/mol. The first-order valence-electron chi connectivity index (χ1n) is 19.6. The summed E-state index contributed by atoms with van der Waals surface area (Å²) in [6.07, 6.45) is 21.9. The summed E-state index contributed by atoms with van der Waals surface area (Å²) < 4.78 is 0. The highest BCUT2D eigenvalue weighted by Crippen LogP contribution is 2.39. The second-order valence-corrected chi connectivity index (χ2v) is 13.8. The van der Waals surface area contributed by atoms with Crippen LogP contribution in [0.15, 0.2) is 94.9 Å². The van der Waals surface area contributed by atoms with E-state index in [0.29, 0.717) is 0 Å². The standard InChI is InChI=1S/C47H62N2/c1-6-10-13-15-16-24-31-45-38(9-4)32-43(33-41(45)30-19-14-11-7-2)48-36-37(5)49-44-34-42(25-12-8-3)47(40-28-22-18-23-29-40)46(35-44)39-26-20-17-21-27-39/h17-18,20-23,26-29,32-36H,6-16,19,24-25,30-31H2,1-5H3. The molecule has 0 fully saturated rings. The maximum Gasteiger partial charge on any atom is 0.0642 e. The quantitative estimate of drug-likeness (QED) is 0.0631. The van der Waals surface area contributed by atoms with Gasteiger partial charge in [-0.25, -0.2) is 0 Å². The number of hydrogen-bond acceptors (Lipinski definition) is 2. The van der Waals surface area contributed by atoms with Crippen LogP contribution in [0.1, 0.15) is 134 Å². The summed E-state index contributed by atoms with van der Waals surface area (Å²) in [5.74, 6) is 0. The molecule has 260 valence electrons. The predicted octanol–water partition coefficient (Wildman–Crippen LogP) is 14.4. The highest BCUT2D eigenvalue weighted by molar-refractivity contribution is 6.30. The summed E-state index contributed by atoms with van der Waals surface area (Å²) in [6.45, 7) is 11.3. The lowest BCUT2D eigenvalue weighted by atomic mass is 9.88. The van der Waals surface area contributed by atoms with Crippen LogP contribution in [0.3, 0.4) is 0 Å². The van der Waals surface area contributed by atoms with Crippen LogP contribution in [0.2, 0.25) is 0 Å². The number of benzene rings is 4. The van der Waals surface area contributed by atoms with Gasteiger partial charge >= 0.3 is 0 Å². The van der Waals surface area contributed by atoms with Crippen molar-refractivity contribution < 1.29 is 0 Å². The van der Waals surface area contributed by atoms with Crippen molar-refractivity contribution in [2.45, 2.75) is 137 Å². The third kappa shape index (κ3) is 11.9. The van der Waals surface area contributed by atoms with Crippen molar-refractivity contribution in [2.24, 2.45) is 9.98 Å². The minimum atomic E-state index is 0.923. The lowest BCUT2D eigenvalue weighted by Gasteiger charge is -2.17. The van der Waals surface area contributed by atoms with E-state index in [9.17, 15) is 0 Å². The van der Waals surface area contributed by atoms with Crippen molar-refractivity contribution in [3.8, 4) is 22.3 Å². The summed E-state index contributed by atoms with van der Waals surface area (Å²) in [4.78, 5) is 10.2. The Labute approximate surface area is 299 Å². The van der Waals surface area contributed by atoms with Crippen molar-refractivity contribution in [3.63, 3.8) is 0 Å². The van der Waals surface area contributed by atoms with E-state index in [1.807, 2.05) is 6.21 Å². The molecule has 0 aromatic heterocycles. The van der Waals surface area contributed by atoms with Gasteiger partial charge in [-0.15, -0.1) is 0 Å². The van der Waals surface area contributed by atoms with Gasteiger partial charge in [-0.2, -0.15) is 0 Å². The van der Waals surface area contributed by atoms with E-state index in [-0.39, 0.29) is 0 Å². The van der Waals surface area contributed by atoms with Crippen molar-refractivity contribution in [1.29, 1.82) is 0 Å². The molecule has 0 saturated heterocycles. The highest BCUT2D eigenvalue weighted by Gasteiger charge is 2.15. The van der Waals surface area contributed by atoms with Gasteiger partial charge in [0.2, 0.25) is 0 Å². The summed E-state index contributed by atoms with van der Waals surface area (Å²) >= 11 is 0. The molecule has 0 heterocycles. The van der Waals surface area contributed by atoms with Gasteiger partial charge in [-0.3, -0.25) is 9.98 Å². The van der Waals surface area contributed by atoms with Crippen LogP contribution in [0, 0.1) is 0 Å². The molecular formula is C47H62N2. The number of aliphatic imine (C=N–C) groups is 2. The van der Waals surface area contributed by atoms with Gasteiger partial charge in [0.15, 0.2) is 0 Å². The van der Waals surface area contributed by atoms with Crippen LogP contribution in [-0.4, -0.2) is 11.9 Å². The fraction of sp³-hybridized carbons (Fsp3) is 0.447. The second-order valence-electron chi connectivity index (χ2n) is 13.8. The molecule has 0 unspecified atom stereocenters. The summed E-state index contributed by atoms with van der Waals surface area (Å²) in [5.41, 5.74) is 14.0. The smallest absolute Gasteiger partial charge is 0.0642 e. The Balaban J connectivity index is 1.66. The zero-order valence-electron chi connectivity index (χ0n) is 31.4. The first-order valence-corrected chi connectivity index (χ1v) is 19.6. The molecule has 0 amide bonds. The molecule has 0 aliphatic rings. The SMILES string of the molecule is CCCCCCCCc1c(CC)cc(N=CC(C)=Nc2cc(CCCC)c(-c3ccccc3)c(-c3ccccc3)c2)cc1CCCCCC. The Morgan fingerprint density at radius 2 is 1.08 bits per heavy atom. The topological polar surface area (TPSA) is 24.7 Å². The lowest BCUT2D eigenvalue weighted by Crippen LogP contribution is -2.02. The van der Waals surface area contributed by atoms with E-state index in [2.05, 4.69) is 120 Å². The fourth-order valence-corrected chi connectivity index (χ4v) is 7.04. The molecular weight excluding hydrogens is 593 g/mol. The third-order valence-electron chi connectivity index (χ3n) is 9.74. The maximum absolute atomic E-state index is 5.15. The fourth-order valence-electron chi connectivity index (χ4n) is 7.04. The number of aryl methyl sites for hydroxylation is 3. The number of hydrogen-bond donors (Lipinski definition) is 0. The van der Waals surface area contributed by atoms with Crippen LogP contribution < -0.4 is 0 Å². The number of nitrogens with zero attached hydrogens (tertiary/aromatic N) is 2. The molecule has 2 heteroatoms. The van der Waals surface area contributed by atoms with E-state index in [4.69, 9.17) is 9.98 Å². The Morgan fingerprint density at radius 1 is 0.531 bits per heavy atom. The lowest BCUT2D eigenvalue weighted by molar-refractivity contribution is 0.604. The highest BCUT2D eigenvalue weighted by atomic mass is 14.8. The van der Waals surface area contributed by atoms with Crippen molar-refractivity contribution in [2.75, 3.05) is 0 Å². The zero-order valence-corrected chi connectivity index (χ0v) is 31.4. The zero-order chi connectivity index (χ0) is 34.7. The minimum absolute atomic E-state index is 0.923. The molecule has 0 radical (unpaired) electrons. The monoisotopic (exact) mass is 654 g/mol. The van der Waals surface area contributed by atoms with Gasteiger partial charge in [-0.1, -0.05) is 146 Å². The average Bonchev–Trinajstić information content (AvgIpc) is 3.13. The summed E-state index contributed by atoms with van der Waals surface area (Å²) in [6, 6.07) is 30.9. The molecule has 0 N–H and O–H groups in total. The Bertz CT molecular complexity index is 1600. The van der Waals surface area contributed by atoms with Crippen LogP contribution in [0.25, 0.3) is 22.3 Å². The molecule has 0 bridgehead atoms.